The number of aromatic nitrogens is 2. The smallest absolute Gasteiger partial charge is 0.115 e. The third kappa shape index (κ3) is 1.95. The fourth-order valence-electron chi connectivity index (χ4n) is 1.64. The molecule has 0 radical (unpaired) electrons. The molecule has 0 aliphatic carbocycles. The Morgan fingerprint density at radius 3 is 2.85 bits per heavy atom. The maximum atomic E-state index is 9.46. The van der Waals surface area contributed by atoms with E-state index in [4.69, 9.17) is 0 Å². The second-order valence-electron chi connectivity index (χ2n) is 3.34. The molecule has 2 rings (SSSR count). The highest BCUT2D eigenvalue weighted by Gasteiger charge is 2.17. The topological polar surface area (TPSA) is 49.2 Å². The van der Waals surface area contributed by atoms with E-state index in [1.807, 2.05) is 0 Å². The molecule has 0 saturated carbocycles. The molecule has 70 valence electrons. The average molecular weight is 179 g/mol. The Bertz CT molecular complexity index is 265. The molecule has 4 nitrogen and oxygen atoms in total. The third-order valence-electron chi connectivity index (χ3n) is 2.31. The molecule has 0 amide bonds. The number of aliphatic hydroxyl groups is 1. The van der Waals surface area contributed by atoms with E-state index in [1.165, 1.54) is 6.33 Å². The van der Waals surface area contributed by atoms with Crippen LogP contribution in [0, 0.1) is 0 Å². The molecular formula is C9H13N3O. The third-order valence-corrected chi connectivity index (χ3v) is 2.31. The first kappa shape index (κ1) is 8.44. The van der Waals surface area contributed by atoms with Crippen LogP contribution in [0.5, 0.6) is 0 Å². The number of anilines is 1. The quantitative estimate of drug-likeness (QED) is 0.679. The highest BCUT2D eigenvalue weighted by molar-refractivity contribution is 5.41. The van der Waals surface area contributed by atoms with Crippen LogP contribution in [0.1, 0.15) is 12.8 Å². The molecule has 1 aliphatic rings. The minimum absolute atomic E-state index is 0.200. The van der Waals surface area contributed by atoms with Crippen molar-refractivity contribution in [3.05, 3.63) is 18.7 Å². The first-order valence-electron chi connectivity index (χ1n) is 4.54. The van der Waals surface area contributed by atoms with Crippen LogP contribution in [0.4, 0.5) is 5.69 Å². The van der Waals surface area contributed by atoms with E-state index in [2.05, 4.69) is 14.9 Å². The van der Waals surface area contributed by atoms with Gasteiger partial charge in [-0.15, -0.1) is 0 Å². The van der Waals surface area contributed by atoms with Crippen molar-refractivity contribution in [2.75, 3.05) is 18.0 Å². The second kappa shape index (κ2) is 3.70. The zero-order valence-corrected chi connectivity index (χ0v) is 7.43. The molecule has 0 aromatic carbocycles. The molecule has 0 spiro atoms. The summed E-state index contributed by atoms with van der Waals surface area (Å²) < 4.78 is 0. The van der Waals surface area contributed by atoms with Gasteiger partial charge in [0.15, 0.2) is 0 Å². The van der Waals surface area contributed by atoms with Crippen LogP contribution < -0.4 is 4.90 Å². The Kier molecular flexibility index (Phi) is 2.40. The van der Waals surface area contributed by atoms with E-state index in [-0.39, 0.29) is 6.10 Å². The van der Waals surface area contributed by atoms with Crippen LogP contribution in [-0.4, -0.2) is 34.3 Å². The lowest BCUT2D eigenvalue weighted by Gasteiger charge is -2.31. The Hall–Kier alpha value is -1.16. The molecule has 1 N–H and O–H groups in total. The number of hydrogen-bond donors (Lipinski definition) is 1. The van der Waals surface area contributed by atoms with Crippen molar-refractivity contribution in [2.24, 2.45) is 0 Å². The zero-order chi connectivity index (χ0) is 9.10. The molecule has 2 heterocycles. The summed E-state index contributed by atoms with van der Waals surface area (Å²) >= 11 is 0. The van der Waals surface area contributed by atoms with Gasteiger partial charge in [-0.05, 0) is 12.8 Å². The summed E-state index contributed by atoms with van der Waals surface area (Å²) in [6, 6.07) is 0. The molecule has 4 heteroatoms. The van der Waals surface area contributed by atoms with E-state index >= 15 is 0 Å². The van der Waals surface area contributed by atoms with Crippen LogP contribution in [0.2, 0.25) is 0 Å². The standard InChI is InChI=1S/C9H13N3O/c13-9-2-1-3-12(6-9)8-4-10-7-11-5-8/h4-5,7,9,13H,1-3,6H2. The predicted octanol–water partition coefficient (Wildman–Crippen LogP) is 0.438. The Labute approximate surface area is 77.2 Å². The molecule has 1 aromatic heterocycles. The van der Waals surface area contributed by atoms with Gasteiger partial charge in [-0.2, -0.15) is 0 Å². The minimum Gasteiger partial charge on any atom is -0.391 e. The molecule has 1 saturated heterocycles. The SMILES string of the molecule is OC1CCCN(c2cncnc2)C1. The van der Waals surface area contributed by atoms with Crippen LogP contribution >= 0.6 is 0 Å². The summed E-state index contributed by atoms with van der Waals surface area (Å²) in [5.41, 5.74) is 1.00. The van der Waals surface area contributed by atoms with Gasteiger partial charge in [-0.3, -0.25) is 0 Å². The number of hydrogen-bond acceptors (Lipinski definition) is 4. The van der Waals surface area contributed by atoms with Gasteiger partial charge in [0.05, 0.1) is 24.2 Å². The fourth-order valence-corrected chi connectivity index (χ4v) is 1.64. The number of piperidine rings is 1. The second-order valence-corrected chi connectivity index (χ2v) is 3.34. The van der Waals surface area contributed by atoms with Crippen molar-refractivity contribution >= 4 is 5.69 Å². The van der Waals surface area contributed by atoms with Gasteiger partial charge >= 0.3 is 0 Å². The molecule has 13 heavy (non-hydrogen) atoms. The fraction of sp³-hybridized carbons (Fsp3) is 0.556. The Balaban J connectivity index is 2.08. The van der Waals surface area contributed by atoms with Gasteiger partial charge in [-0.25, -0.2) is 9.97 Å². The summed E-state index contributed by atoms with van der Waals surface area (Å²) in [6.07, 6.45) is 6.83. The minimum atomic E-state index is -0.200. The highest BCUT2D eigenvalue weighted by Crippen LogP contribution is 2.17. The molecule has 1 fully saturated rings. The summed E-state index contributed by atoms with van der Waals surface area (Å²) in [5, 5.41) is 9.46. The summed E-state index contributed by atoms with van der Waals surface area (Å²) in [6.45, 7) is 1.69. The van der Waals surface area contributed by atoms with Crippen molar-refractivity contribution in [1.29, 1.82) is 0 Å². The van der Waals surface area contributed by atoms with E-state index < -0.39 is 0 Å². The average Bonchev–Trinajstić information content (AvgIpc) is 2.19. The maximum Gasteiger partial charge on any atom is 0.115 e. The van der Waals surface area contributed by atoms with Gasteiger partial charge in [0.25, 0.3) is 0 Å². The van der Waals surface area contributed by atoms with Crippen molar-refractivity contribution in [3.63, 3.8) is 0 Å². The van der Waals surface area contributed by atoms with E-state index in [0.717, 1.165) is 25.1 Å². The number of β-amino-alcohol motifs (C(OH)–C–C–N with tert-alkyl or cyclic N) is 1. The molecule has 1 aromatic rings. The van der Waals surface area contributed by atoms with E-state index in [0.29, 0.717) is 6.54 Å². The number of rotatable bonds is 1. The molecule has 1 aliphatic heterocycles. The van der Waals surface area contributed by atoms with Crippen molar-refractivity contribution < 1.29 is 5.11 Å². The van der Waals surface area contributed by atoms with Crippen LogP contribution in [-0.2, 0) is 0 Å². The largest absolute Gasteiger partial charge is 0.391 e. The zero-order valence-electron chi connectivity index (χ0n) is 7.43. The maximum absolute atomic E-state index is 9.46. The van der Waals surface area contributed by atoms with Gasteiger partial charge in [0.2, 0.25) is 0 Å². The Morgan fingerprint density at radius 2 is 2.15 bits per heavy atom. The summed E-state index contributed by atoms with van der Waals surface area (Å²) in [5.74, 6) is 0. The van der Waals surface area contributed by atoms with Crippen molar-refractivity contribution in [1.82, 2.24) is 9.97 Å². The van der Waals surface area contributed by atoms with Crippen molar-refractivity contribution in [3.8, 4) is 0 Å². The van der Waals surface area contributed by atoms with Gasteiger partial charge in [0, 0.05) is 13.1 Å². The van der Waals surface area contributed by atoms with Crippen LogP contribution in [0.3, 0.4) is 0 Å². The van der Waals surface area contributed by atoms with E-state index in [1.54, 1.807) is 12.4 Å². The first-order valence-corrected chi connectivity index (χ1v) is 4.54. The van der Waals surface area contributed by atoms with Gasteiger partial charge in [0.1, 0.15) is 6.33 Å². The van der Waals surface area contributed by atoms with Crippen LogP contribution in [0.25, 0.3) is 0 Å². The number of aliphatic hydroxyl groups excluding tert-OH is 1. The van der Waals surface area contributed by atoms with Gasteiger partial charge in [-0.1, -0.05) is 0 Å². The first-order chi connectivity index (χ1) is 6.36. The molecule has 1 unspecified atom stereocenters. The molecular weight excluding hydrogens is 166 g/mol. The normalized spacial score (nSPS) is 23.2. The molecule has 0 bridgehead atoms. The molecule has 1 atom stereocenters. The van der Waals surface area contributed by atoms with Crippen molar-refractivity contribution in [2.45, 2.75) is 18.9 Å². The van der Waals surface area contributed by atoms with Crippen LogP contribution in [0.15, 0.2) is 18.7 Å². The lowest BCUT2D eigenvalue weighted by Crippen LogP contribution is -2.38. The Morgan fingerprint density at radius 1 is 1.38 bits per heavy atom. The lowest BCUT2D eigenvalue weighted by atomic mass is 10.1. The van der Waals surface area contributed by atoms with E-state index in [9.17, 15) is 5.11 Å². The van der Waals surface area contributed by atoms with Gasteiger partial charge < -0.3 is 10.0 Å². The lowest BCUT2D eigenvalue weighted by molar-refractivity contribution is 0.154. The summed E-state index contributed by atoms with van der Waals surface area (Å²) in [7, 11) is 0. The predicted molar refractivity (Wildman–Crippen MR) is 49.5 cm³/mol. The number of nitrogens with zero attached hydrogens (tertiary/aromatic N) is 3. The highest BCUT2D eigenvalue weighted by atomic mass is 16.3. The summed E-state index contributed by atoms with van der Waals surface area (Å²) in [4.78, 5) is 10.0. The monoisotopic (exact) mass is 179 g/mol.